The third-order valence-corrected chi connectivity index (χ3v) is 17.5. The molecule has 0 aliphatic carbocycles. The molecule has 9 aromatic carbocycles. The lowest BCUT2D eigenvalue weighted by Crippen LogP contribution is -2.61. The van der Waals surface area contributed by atoms with Crippen molar-refractivity contribution in [2.75, 3.05) is 43.5 Å². The second-order valence-electron chi connectivity index (χ2n) is 19.3. The quantitative estimate of drug-likeness (QED) is 0.160. The maximum Gasteiger partial charge on any atom is 0.264 e. The van der Waals surface area contributed by atoms with Crippen molar-refractivity contribution in [3.8, 4) is 22.3 Å². The van der Waals surface area contributed by atoms with E-state index in [2.05, 4.69) is 249 Å². The highest BCUT2D eigenvalue weighted by Gasteiger charge is 2.55. The molecule has 0 saturated carbocycles. The fourth-order valence-corrected chi connectivity index (χ4v) is 14.9. The van der Waals surface area contributed by atoms with E-state index in [0.717, 1.165) is 0 Å². The van der Waals surface area contributed by atoms with Crippen molar-refractivity contribution in [2.45, 2.75) is 0 Å². The van der Waals surface area contributed by atoms with Gasteiger partial charge in [0.2, 0.25) is 0 Å². The zero-order valence-corrected chi connectivity index (χ0v) is 38.5. The fourth-order valence-electron chi connectivity index (χ4n) is 13.3. The average molecular weight is 897 g/mol. The van der Waals surface area contributed by atoms with Crippen molar-refractivity contribution >= 4 is 147 Å². The SMILES string of the molecule is CN1c2ccccc2N2c3ccc(-c4ccccc4)cc3B3c4sc5c6c4N(c4ccccc4N6c4ccc6c7c4B5c4ccc(-c5ccccc5)cc4N7c4ccccc4N6C)c4ccc1c2c43. The molecule has 0 fully saturated rings. The number of thiophene rings is 1. The monoisotopic (exact) mass is 896 g/mol. The highest BCUT2D eigenvalue weighted by atomic mass is 32.1. The van der Waals surface area contributed by atoms with E-state index in [0.29, 0.717) is 0 Å². The summed E-state index contributed by atoms with van der Waals surface area (Å²) in [4.78, 5) is 15.3. The number of rotatable bonds is 2. The minimum atomic E-state index is -0.00691. The van der Waals surface area contributed by atoms with Gasteiger partial charge in [0.1, 0.15) is 0 Å². The van der Waals surface area contributed by atoms with Crippen molar-refractivity contribution in [3.63, 3.8) is 0 Å². The molecule has 320 valence electrons. The molecular weight excluding hydrogens is 858 g/mol. The van der Waals surface area contributed by atoms with Gasteiger partial charge in [-0.3, -0.25) is 0 Å². The standard InChI is InChI=1S/C60H38B2N6S/c1-63-42-19-9-11-21-44(42)65-41-28-26-37(35-15-5-3-6-16-35)33-40(41)62-54-49(30-31-50(63)55(54)65)67-47-24-14-13-23-46(47)66-48-29-32-51-56-53(48)61(59-57(66)58(67)60(62)69-59)39-27-25-38(36-17-7-4-8-18-36)34-52(39)68(56)45-22-12-10-20-43(45)64(51)2/h3-34H,1-2H3. The van der Waals surface area contributed by atoms with E-state index >= 15 is 0 Å². The Kier molecular flexibility index (Phi) is 6.79. The van der Waals surface area contributed by atoms with Crippen LogP contribution in [0.4, 0.5) is 91.0 Å². The predicted molar refractivity (Wildman–Crippen MR) is 293 cm³/mol. The number of benzene rings is 9. The summed E-state index contributed by atoms with van der Waals surface area (Å²) < 4.78 is 2.81. The summed E-state index contributed by atoms with van der Waals surface area (Å²) in [6.07, 6.45) is 0. The van der Waals surface area contributed by atoms with E-state index in [9.17, 15) is 0 Å². The van der Waals surface area contributed by atoms with Crippen LogP contribution in [0.15, 0.2) is 194 Å². The van der Waals surface area contributed by atoms with Gasteiger partial charge in [0, 0.05) is 46.4 Å². The molecule has 1 aromatic heterocycles. The molecule has 0 unspecified atom stereocenters. The van der Waals surface area contributed by atoms with Gasteiger partial charge in [-0.15, -0.1) is 0 Å². The Balaban J connectivity index is 0.992. The van der Waals surface area contributed by atoms with Crippen molar-refractivity contribution < 1.29 is 0 Å². The molecule has 7 aliphatic rings. The number of nitrogens with zero attached hydrogens (tertiary/aromatic N) is 6. The predicted octanol–water partition coefficient (Wildman–Crippen LogP) is 11.7. The van der Waals surface area contributed by atoms with Gasteiger partial charge in [-0.2, -0.15) is 11.3 Å². The topological polar surface area (TPSA) is 19.4 Å². The van der Waals surface area contributed by atoms with E-state index in [4.69, 9.17) is 0 Å². The number of anilines is 16. The Morgan fingerprint density at radius 1 is 0.290 bits per heavy atom. The largest absolute Gasteiger partial charge is 0.341 e. The average Bonchev–Trinajstić information content (AvgIpc) is 3.81. The van der Waals surface area contributed by atoms with Gasteiger partial charge in [-0.25, -0.2) is 0 Å². The van der Waals surface area contributed by atoms with E-state index < -0.39 is 0 Å². The Hall–Kier alpha value is -8.39. The van der Waals surface area contributed by atoms with Crippen molar-refractivity contribution in [1.29, 1.82) is 0 Å². The molecule has 9 heteroatoms. The summed E-state index contributed by atoms with van der Waals surface area (Å²) in [6, 6.07) is 73.0. The summed E-state index contributed by atoms with van der Waals surface area (Å²) in [6.45, 7) is -0.00330. The van der Waals surface area contributed by atoms with Gasteiger partial charge < -0.3 is 29.4 Å². The van der Waals surface area contributed by atoms with Gasteiger partial charge in [0.05, 0.1) is 68.2 Å². The highest BCUT2D eigenvalue weighted by molar-refractivity contribution is 7.39. The zero-order valence-electron chi connectivity index (χ0n) is 37.7. The summed E-state index contributed by atoms with van der Waals surface area (Å²) >= 11 is 2.05. The van der Waals surface area contributed by atoms with Gasteiger partial charge in [-0.1, -0.05) is 121 Å². The Labute approximate surface area is 404 Å². The molecule has 8 heterocycles. The molecule has 0 saturated heterocycles. The Morgan fingerprint density at radius 3 is 1.22 bits per heavy atom. The summed E-state index contributed by atoms with van der Waals surface area (Å²) in [5.74, 6) is 0. The molecule has 17 rings (SSSR count). The first-order valence-corrected chi connectivity index (χ1v) is 24.8. The molecule has 7 aliphatic heterocycles. The first kappa shape index (κ1) is 36.7. The third kappa shape index (κ3) is 4.38. The van der Waals surface area contributed by atoms with Gasteiger partial charge >= 0.3 is 0 Å². The molecule has 0 N–H and O–H groups in total. The van der Waals surface area contributed by atoms with Crippen LogP contribution in [0.5, 0.6) is 0 Å². The van der Waals surface area contributed by atoms with Gasteiger partial charge in [-0.05, 0) is 117 Å². The van der Waals surface area contributed by atoms with Crippen molar-refractivity contribution in [3.05, 3.63) is 194 Å². The molecule has 6 nitrogen and oxygen atoms in total. The van der Waals surface area contributed by atoms with Crippen LogP contribution in [0.3, 0.4) is 0 Å². The normalized spacial score (nSPS) is 14.9. The lowest BCUT2D eigenvalue weighted by Gasteiger charge is -2.51. The number of para-hydroxylation sites is 6. The Morgan fingerprint density at radius 2 is 0.681 bits per heavy atom. The smallest absolute Gasteiger partial charge is 0.264 e. The maximum atomic E-state index is 2.65. The van der Waals surface area contributed by atoms with Crippen LogP contribution in [0, 0.1) is 0 Å². The Bertz CT molecular complexity index is 3960. The minimum absolute atomic E-state index is 0.00361. The number of hydrogen-bond acceptors (Lipinski definition) is 7. The summed E-state index contributed by atoms with van der Waals surface area (Å²) in [7, 11) is 4.48. The highest BCUT2D eigenvalue weighted by Crippen LogP contribution is 2.62. The molecule has 69 heavy (non-hydrogen) atoms. The van der Waals surface area contributed by atoms with Crippen LogP contribution in [-0.4, -0.2) is 27.5 Å². The number of fused-ring (bicyclic) bond motifs is 17. The van der Waals surface area contributed by atoms with Crippen LogP contribution in [0.25, 0.3) is 22.3 Å². The lowest BCUT2D eigenvalue weighted by molar-refractivity contribution is 1.12. The molecule has 0 radical (unpaired) electrons. The van der Waals surface area contributed by atoms with Crippen molar-refractivity contribution in [1.82, 2.24) is 0 Å². The molecule has 0 spiro atoms. The van der Waals surface area contributed by atoms with Gasteiger partial charge in [0.15, 0.2) is 0 Å². The molecule has 10 aromatic rings. The number of hydrogen-bond donors (Lipinski definition) is 0. The molecule has 0 atom stereocenters. The van der Waals surface area contributed by atoms with Crippen LogP contribution < -0.4 is 60.8 Å². The molecule has 0 bridgehead atoms. The van der Waals surface area contributed by atoms with E-state index in [-0.39, 0.29) is 13.4 Å². The molecule has 0 amide bonds. The minimum Gasteiger partial charge on any atom is -0.341 e. The van der Waals surface area contributed by atoms with Crippen LogP contribution in [0.2, 0.25) is 0 Å². The summed E-state index contributed by atoms with van der Waals surface area (Å²) in [5, 5.41) is 0. The molecular formula is C60H38B2N6S. The second kappa shape index (κ2) is 12.8. The zero-order chi connectivity index (χ0) is 45.0. The van der Waals surface area contributed by atoms with Crippen molar-refractivity contribution in [2.24, 2.45) is 0 Å². The van der Waals surface area contributed by atoms with E-state index in [1.165, 1.54) is 145 Å². The fraction of sp³-hybridized carbons (Fsp3) is 0.0333. The first-order chi connectivity index (χ1) is 34.1. The lowest BCUT2D eigenvalue weighted by atomic mass is 9.34. The third-order valence-electron chi connectivity index (χ3n) is 16.2. The maximum absolute atomic E-state index is 2.65. The van der Waals surface area contributed by atoms with Crippen LogP contribution >= 0.6 is 11.3 Å². The van der Waals surface area contributed by atoms with E-state index in [1.54, 1.807) is 0 Å². The van der Waals surface area contributed by atoms with E-state index in [1.807, 2.05) is 0 Å². The van der Waals surface area contributed by atoms with Crippen LogP contribution in [-0.2, 0) is 0 Å². The summed E-state index contributed by atoms with van der Waals surface area (Å²) in [5.41, 5.74) is 30.2. The van der Waals surface area contributed by atoms with Crippen LogP contribution in [0.1, 0.15) is 0 Å². The first-order valence-electron chi connectivity index (χ1n) is 24.0. The second-order valence-corrected chi connectivity index (χ2v) is 20.4. The van der Waals surface area contributed by atoms with Gasteiger partial charge in [0.25, 0.3) is 13.4 Å².